The molecule has 1 heterocycles. The molecule has 1 fully saturated rings. The maximum absolute atomic E-state index is 10.9. The van der Waals surface area contributed by atoms with Gasteiger partial charge in [-0.05, 0) is 6.42 Å². The second-order valence-electron chi connectivity index (χ2n) is 3.09. The van der Waals surface area contributed by atoms with Crippen LogP contribution in [0.1, 0.15) is 19.8 Å². The van der Waals surface area contributed by atoms with Crippen LogP contribution in [0.5, 0.6) is 0 Å². The highest BCUT2D eigenvalue weighted by atomic mass is 16.4. The molecule has 4 nitrogen and oxygen atoms in total. The van der Waals surface area contributed by atoms with Crippen LogP contribution in [0.25, 0.3) is 0 Å². The van der Waals surface area contributed by atoms with E-state index in [0.29, 0.717) is 0 Å². The summed E-state index contributed by atoms with van der Waals surface area (Å²) in [6, 6.07) is -0.740. The van der Waals surface area contributed by atoms with Gasteiger partial charge < -0.3 is 10.4 Å². The van der Waals surface area contributed by atoms with Gasteiger partial charge in [-0.3, -0.25) is 4.79 Å². The number of carboxylic acid groups (broad SMARTS) is 1. The molecule has 0 radical (unpaired) electrons. The fourth-order valence-corrected chi connectivity index (χ4v) is 1.41. The van der Waals surface area contributed by atoms with E-state index in [4.69, 9.17) is 5.11 Å². The Hall–Kier alpha value is -1.32. The van der Waals surface area contributed by atoms with E-state index in [9.17, 15) is 9.59 Å². The van der Waals surface area contributed by atoms with E-state index < -0.39 is 12.0 Å². The second-order valence-corrected chi connectivity index (χ2v) is 3.09. The number of rotatable bonds is 3. The smallest absolute Gasteiger partial charge is 0.326 e. The predicted octanol–water partition coefficient (Wildman–Crippen LogP) is 0.542. The van der Waals surface area contributed by atoms with Crippen molar-refractivity contribution in [2.45, 2.75) is 25.8 Å². The van der Waals surface area contributed by atoms with Crippen molar-refractivity contribution in [2.75, 3.05) is 0 Å². The fourth-order valence-electron chi connectivity index (χ4n) is 1.41. The summed E-state index contributed by atoms with van der Waals surface area (Å²) in [5.74, 6) is -1.33. The molecule has 1 rings (SSSR count). The zero-order chi connectivity index (χ0) is 9.84. The average molecular weight is 183 g/mol. The summed E-state index contributed by atoms with van der Waals surface area (Å²) in [4.78, 5) is 21.6. The van der Waals surface area contributed by atoms with Crippen LogP contribution < -0.4 is 5.32 Å². The third-order valence-electron chi connectivity index (χ3n) is 2.05. The van der Waals surface area contributed by atoms with Gasteiger partial charge in [-0.25, -0.2) is 4.79 Å². The highest BCUT2D eigenvalue weighted by Gasteiger charge is 2.35. The zero-order valence-electron chi connectivity index (χ0n) is 7.49. The van der Waals surface area contributed by atoms with Crippen molar-refractivity contribution in [1.82, 2.24) is 5.32 Å². The first-order valence-electron chi connectivity index (χ1n) is 4.34. The molecule has 0 aromatic carbocycles. The van der Waals surface area contributed by atoms with Crippen LogP contribution in [-0.2, 0) is 9.59 Å². The lowest BCUT2D eigenvalue weighted by atomic mass is 10.00. The minimum absolute atomic E-state index is 0.182. The lowest BCUT2D eigenvalue weighted by Gasteiger charge is -2.09. The van der Waals surface area contributed by atoms with Gasteiger partial charge in [0.2, 0.25) is 5.91 Å². The van der Waals surface area contributed by atoms with Crippen molar-refractivity contribution < 1.29 is 14.7 Å². The zero-order valence-corrected chi connectivity index (χ0v) is 7.49. The van der Waals surface area contributed by atoms with Crippen molar-refractivity contribution >= 4 is 11.9 Å². The number of aliphatic carboxylic acids is 1. The molecule has 1 aliphatic heterocycles. The molecule has 0 aromatic heterocycles. The molecule has 1 amide bonds. The van der Waals surface area contributed by atoms with Gasteiger partial charge in [-0.1, -0.05) is 19.1 Å². The highest BCUT2D eigenvalue weighted by molar-refractivity contribution is 5.88. The fraction of sp³-hybridized carbons (Fsp3) is 0.556. The molecule has 13 heavy (non-hydrogen) atoms. The Morgan fingerprint density at radius 2 is 2.46 bits per heavy atom. The van der Waals surface area contributed by atoms with Gasteiger partial charge in [-0.15, -0.1) is 0 Å². The summed E-state index contributed by atoms with van der Waals surface area (Å²) >= 11 is 0. The van der Waals surface area contributed by atoms with Gasteiger partial charge >= 0.3 is 5.97 Å². The number of carbonyl (C=O) groups excluding carboxylic acids is 1. The van der Waals surface area contributed by atoms with E-state index >= 15 is 0 Å². The van der Waals surface area contributed by atoms with Crippen molar-refractivity contribution in [3.8, 4) is 0 Å². The summed E-state index contributed by atoms with van der Waals surface area (Å²) < 4.78 is 0. The predicted molar refractivity (Wildman–Crippen MR) is 47.1 cm³/mol. The molecule has 2 atom stereocenters. The van der Waals surface area contributed by atoms with Crippen LogP contribution in [0.3, 0.4) is 0 Å². The van der Waals surface area contributed by atoms with E-state index in [1.165, 1.54) is 0 Å². The third kappa shape index (κ3) is 2.31. The van der Waals surface area contributed by atoms with Crippen molar-refractivity contribution in [2.24, 2.45) is 5.92 Å². The Balaban J connectivity index is 2.66. The first kappa shape index (κ1) is 9.77. The lowest BCUT2D eigenvalue weighted by Crippen LogP contribution is -2.36. The summed E-state index contributed by atoms with van der Waals surface area (Å²) in [5, 5.41) is 11.2. The van der Waals surface area contributed by atoms with Crippen molar-refractivity contribution in [3.05, 3.63) is 12.2 Å². The summed E-state index contributed by atoms with van der Waals surface area (Å²) in [6.07, 6.45) is 4.84. The van der Waals surface area contributed by atoms with Crippen LogP contribution in [0.2, 0.25) is 0 Å². The number of hydrogen-bond donors (Lipinski definition) is 2. The SMILES string of the molecule is CC/C=C/C1CC(=O)N[C@@H]1C(=O)O. The lowest BCUT2D eigenvalue weighted by molar-refractivity contribution is -0.140. The van der Waals surface area contributed by atoms with E-state index in [-0.39, 0.29) is 18.2 Å². The third-order valence-corrected chi connectivity index (χ3v) is 2.05. The number of hydrogen-bond acceptors (Lipinski definition) is 2. The van der Waals surface area contributed by atoms with Gasteiger partial charge in [0.1, 0.15) is 6.04 Å². The van der Waals surface area contributed by atoms with Crippen molar-refractivity contribution in [3.63, 3.8) is 0 Å². The molecule has 0 saturated carbocycles. The van der Waals surface area contributed by atoms with E-state index in [1.807, 2.05) is 13.0 Å². The molecule has 0 aliphatic carbocycles. The number of carboxylic acids is 1. The van der Waals surface area contributed by atoms with Gasteiger partial charge in [0.25, 0.3) is 0 Å². The van der Waals surface area contributed by atoms with E-state index in [2.05, 4.69) is 5.32 Å². The Bertz CT molecular complexity index is 247. The molecule has 0 spiro atoms. The molecule has 2 N–H and O–H groups in total. The summed E-state index contributed by atoms with van der Waals surface area (Å²) in [7, 11) is 0. The minimum Gasteiger partial charge on any atom is -0.480 e. The van der Waals surface area contributed by atoms with Crippen LogP contribution in [0, 0.1) is 5.92 Å². The average Bonchev–Trinajstić information content (AvgIpc) is 2.43. The standard InChI is InChI=1S/C9H13NO3/c1-2-3-4-6-5-7(11)10-8(6)9(12)13/h3-4,6,8H,2,5H2,1H3,(H,10,11)(H,12,13)/b4-3+/t6?,8-/m0/s1. The Morgan fingerprint density at radius 3 is 3.00 bits per heavy atom. The van der Waals surface area contributed by atoms with Gasteiger partial charge in [0, 0.05) is 12.3 Å². The topological polar surface area (TPSA) is 66.4 Å². The first-order chi connectivity index (χ1) is 6.15. The normalized spacial score (nSPS) is 27.9. The second kappa shape index (κ2) is 4.07. The summed E-state index contributed by atoms with van der Waals surface area (Å²) in [5.41, 5.74) is 0. The van der Waals surface area contributed by atoms with Gasteiger partial charge in [-0.2, -0.15) is 0 Å². The van der Waals surface area contributed by atoms with Crippen LogP contribution in [-0.4, -0.2) is 23.0 Å². The Kier molecular flexibility index (Phi) is 3.06. The molecule has 1 aliphatic rings. The number of carbonyl (C=O) groups is 2. The van der Waals surface area contributed by atoms with Crippen LogP contribution in [0.4, 0.5) is 0 Å². The Morgan fingerprint density at radius 1 is 1.77 bits per heavy atom. The monoisotopic (exact) mass is 183 g/mol. The first-order valence-corrected chi connectivity index (χ1v) is 4.34. The maximum atomic E-state index is 10.9. The van der Waals surface area contributed by atoms with Crippen LogP contribution >= 0.6 is 0 Å². The number of allylic oxidation sites excluding steroid dienone is 1. The summed E-state index contributed by atoms with van der Waals surface area (Å²) in [6.45, 7) is 1.97. The number of amides is 1. The minimum atomic E-state index is -0.961. The number of nitrogens with one attached hydrogen (secondary N) is 1. The molecule has 0 aromatic rings. The van der Waals surface area contributed by atoms with Crippen molar-refractivity contribution in [1.29, 1.82) is 0 Å². The molecule has 72 valence electrons. The molecular weight excluding hydrogens is 170 g/mol. The molecule has 4 heteroatoms. The largest absolute Gasteiger partial charge is 0.480 e. The van der Waals surface area contributed by atoms with Crippen LogP contribution in [0.15, 0.2) is 12.2 Å². The maximum Gasteiger partial charge on any atom is 0.326 e. The van der Waals surface area contributed by atoms with Gasteiger partial charge in [0.05, 0.1) is 0 Å². The molecule has 0 bridgehead atoms. The molecule has 1 unspecified atom stereocenters. The molecule has 1 saturated heterocycles. The van der Waals surface area contributed by atoms with E-state index in [0.717, 1.165) is 6.42 Å². The molecular formula is C9H13NO3. The van der Waals surface area contributed by atoms with E-state index in [1.54, 1.807) is 6.08 Å². The quantitative estimate of drug-likeness (QED) is 0.627. The highest BCUT2D eigenvalue weighted by Crippen LogP contribution is 2.18. The van der Waals surface area contributed by atoms with Gasteiger partial charge in [0.15, 0.2) is 0 Å². The Labute approximate surface area is 76.6 Å².